The minimum atomic E-state index is -0.455. The Morgan fingerprint density at radius 3 is 2.70 bits per heavy atom. The number of nitrogens with one attached hydrogen (secondary N) is 1. The van der Waals surface area contributed by atoms with Crippen LogP contribution in [0.1, 0.15) is 57.1 Å². The van der Waals surface area contributed by atoms with Crippen molar-refractivity contribution in [3.05, 3.63) is 29.3 Å². The average molecular weight is 316 g/mol. The number of nitrogens with zero attached hydrogens (tertiary/aromatic N) is 1. The van der Waals surface area contributed by atoms with E-state index in [9.17, 15) is 4.79 Å². The van der Waals surface area contributed by atoms with Gasteiger partial charge in [0.15, 0.2) is 0 Å². The molecular weight excluding hydrogens is 288 g/mol. The van der Waals surface area contributed by atoms with Crippen LogP contribution in [0.2, 0.25) is 0 Å². The molecule has 4 heteroatoms. The van der Waals surface area contributed by atoms with Gasteiger partial charge in [-0.05, 0) is 82.7 Å². The predicted molar refractivity (Wildman–Crippen MR) is 93.2 cm³/mol. The van der Waals surface area contributed by atoms with E-state index in [1.807, 2.05) is 20.8 Å². The number of fused-ring (bicyclic) bond motifs is 1. The Kier molecular flexibility index (Phi) is 4.62. The third-order valence-electron chi connectivity index (χ3n) is 4.65. The Hall–Kier alpha value is -1.55. The molecule has 1 aromatic carbocycles. The molecule has 0 unspecified atom stereocenters. The van der Waals surface area contributed by atoms with Crippen LogP contribution < -0.4 is 10.2 Å². The summed E-state index contributed by atoms with van der Waals surface area (Å²) in [6.07, 6.45) is 4.23. The highest BCUT2D eigenvalue weighted by molar-refractivity contribution is 5.89. The maximum absolute atomic E-state index is 12.5. The van der Waals surface area contributed by atoms with Gasteiger partial charge in [-0.15, -0.1) is 0 Å². The van der Waals surface area contributed by atoms with Crippen LogP contribution in [-0.4, -0.2) is 31.3 Å². The van der Waals surface area contributed by atoms with Crippen LogP contribution in [0.4, 0.5) is 10.5 Å². The van der Waals surface area contributed by atoms with Crippen LogP contribution in [0.5, 0.6) is 0 Å². The summed E-state index contributed by atoms with van der Waals surface area (Å²) in [4.78, 5) is 14.3. The van der Waals surface area contributed by atoms with E-state index in [4.69, 9.17) is 4.74 Å². The van der Waals surface area contributed by atoms with Gasteiger partial charge < -0.3 is 10.1 Å². The Balaban J connectivity index is 1.81. The summed E-state index contributed by atoms with van der Waals surface area (Å²) < 4.78 is 5.56. The second kappa shape index (κ2) is 6.52. The van der Waals surface area contributed by atoms with Crippen molar-refractivity contribution < 1.29 is 9.53 Å². The van der Waals surface area contributed by atoms with Crippen LogP contribution in [0.15, 0.2) is 18.2 Å². The minimum Gasteiger partial charge on any atom is -0.443 e. The van der Waals surface area contributed by atoms with Crippen LogP contribution in [0.3, 0.4) is 0 Å². The lowest BCUT2D eigenvalue weighted by Crippen LogP contribution is -2.39. The monoisotopic (exact) mass is 316 g/mol. The van der Waals surface area contributed by atoms with Crippen LogP contribution >= 0.6 is 0 Å². The van der Waals surface area contributed by atoms with Crippen molar-refractivity contribution in [3.63, 3.8) is 0 Å². The maximum atomic E-state index is 12.5. The number of hydrogen-bond acceptors (Lipinski definition) is 3. The molecule has 2 heterocycles. The van der Waals surface area contributed by atoms with Gasteiger partial charge in [0.25, 0.3) is 0 Å². The van der Waals surface area contributed by atoms with E-state index in [-0.39, 0.29) is 6.09 Å². The number of piperidine rings is 1. The molecule has 0 spiro atoms. The molecule has 0 radical (unpaired) electrons. The van der Waals surface area contributed by atoms with Crippen molar-refractivity contribution in [1.29, 1.82) is 0 Å². The molecule has 3 rings (SSSR count). The van der Waals surface area contributed by atoms with Crippen molar-refractivity contribution in [1.82, 2.24) is 5.32 Å². The summed E-state index contributed by atoms with van der Waals surface area (Å²) >= 11 is 0. The minimum absolute atomic E-state index is 0.229. The van der Waals surface area contributed by atoms with Gasteiger partial charge in [0.1, 0.15) is 5.60 Å². The summed E-state index contributed by atoms with van der Waals surface area (Å²) in [5.41, 5.74) is 3.29. The molecule has 1 fully saturated rings. The quantitative estimate of drug-likeness (QED) is 0.856. The Morgan fingerprint density at radius 1 is 1.26 bits per heavy atom. The van der Waals surface area contributed by atoms with Crippen molar-refractivity contribution in [2.24, 2.45) is 0 Å². The number of ether oxygens (including phenoxy) is 1. The smallest absolute Gasteiger partial charge is 0.414 e. The van der Waals surface area contributed by atoms with Gasteiger partial charge in [-0.2, -0.15) is 0 Å². The van der Waals surface area contributed by atoms with Gasteiger partial charge in [0.05, 0.1) is 5.69 Å². The molecule has 23 heavy (non-hydrogen) atoms. The molecule has 1 amide bonds. The molecular formula is C19H28N2O2. The third-order valence-corrected chi connectivity index (χ3v) is 4.65. The first-order chi connectivity index (χ1) is 10.9. The van der Waals surface area contributed by atoms with Crippen LogP contribution in [-0.2, 0) is 11.2 Å². The Bertz CT molecular complexity index is 571. The lowest BCUT2D eigenvalue weighted by atomic mass is 9.87. The first-order valence-corrected chi connectivity index (χ1v) is 8.78. The number of carbonyl (C=O) groups is 1. The lowest BCUT2D eigenvalue weighted by Gasteiger charge is -2.32. The summed E-state index contributed by atoms with van der Waals surface area (Å²) in [7, 11) is 0. The van der Waals surface area contributed by atoms with Crippen molar-refractivity contribution in [3.8, 4) is 0 Å². The molecule has 4 nitrogen and oxygen atoms in total. The first-order valence-electron chi connectivity index (χ1n) is 8.78. The van der Waals surface area contributed by atoms with E-state index in [0.717, 1.165) is 38.2 Å². The Morgan fingerprint density at radius 2 is 2.00 bits per heavy atom. The SMILES string of the molecule is CC(C)(C)OC(=O)N1CCCc2cc(C3CCNCC3)ccc21. The molecule has 1 saturated heterocycles. The number of amides is 1. The molecule has 0 bridgehead atoms. The molecule has 2 aliphatic heterocycles. The number of carbonyl (C=O) groups excluding carboxylic acids is 1. The molecule has 0 saturated carbocycles. The van der Waals surface area contributed by atoms with Gasteiger partial charge >= 0.3 is 6.09 Å². The van der Waals surface area contributed by atoms with Crippen molar-refractivity contribution in [2.75, 3.05) is 24.5 Å². The highest BCUT2D eigenvalue weighted by atomic mass is 16.6. The molecule has 1 aromatic rings. The molecule has 126 valence electrons. The fraction of sp³-hybridized carbons (Fsp3) is 0.632. The van der Waals surface area contributed by atoms with E-state index >= 15 is 0 Å². The van der Waals surface area contributed by atoms with Gasteiger partial charge in [0.2, 0.25) is 0 Å². The van der Waals surface area contributed by atoms with Gasteiger partial charge in [-0.1, -0.05) is 12.1 Å². The fourth-order valence-electron chi connectivity index (χ4n) is 3.53. The summed E-state index contributed by atoms with van der Waals surface area (Å²) in [5, 5.41) is 3.42. The van der Waals surface area contributed by atoms with Crippen LogP contribution in [0, 0.1) is 0 Å². The van der Waals surface area contributed by atoms with Gasteiger partial charge in [-0.25, -0.2) is 4.79 Å². The highest BCUT2D eigenvalue weighted by Gasteiger charge is 2.28. The zero-order chi connectivity index (χ0) is 16.4. The molecule has 0 aromatic heterocycles. The second-order valence-corrected chi connectivity index (χ2v) is 7.65. The fourth-order valence-corrected chi connectivity index (χ4v) is 3.53. The molecule has 1 N–H and O–H groups in total. The standard InChI is InChI=1S/C19H28N2O2/c1-19(2,3)23-18(22)21-12-4-5-16-13-15(6-7-17(16)21)14-8-10-20-11-9-14/h6-7,13-14,20H,4-5,8-12H2,1-3H3. The average Bonchev–Trinajstić information content (AvgIpc) is 2.53. The zero-order valence-corrected chi connectivity index (χ0v) is 14.5. The zero-order valence-electron chi connectivity index (χ0n) is 14.5. The lowest BCUT2D eigenvalue weighted by molar-refractivity contribution is 0.0578. The topological polar surface area (TPSA) is 41.6 Å². The number of anilines is 1. The molecule has 0 aliphatic carbocycles. The highest BCUT2D eigenvalue weighted by Crippen LogP contribution is 2.33. The largest absolute Gasteiger partial charge is 0.443 e. The summed E-state index contributed by atoms with van der Waals surface area (Å²) in [6.45, 7) is 8.69. The third kappa shape index (κ3) is 3.86. The molecule has 2 aliphatic rings. The van der Waals surface area contributed by atoms with E-state index in [1.165, 1.54) is 24.0 Å². The van der Waals surface area contributed by atoms with E-state index < -0.39 is 5.60 Å². The Labute approximate surface area is 139 Å². The summed E-state index contributed by atoms with van der Waals surface area (Å²) in [6, 6.07) is 6.65. The predicted octanol–water partition coefficient (Wildman–Crippen LogP) is 3.84. The van der Waals surface area contributed by atoms with Crippen molar-refractivity contribution >= 4 is 11.8 Å². The van der Waals surface area contributed by atoms with E-state index in [0.29, 0.717) is 5.92 Å². The van der Waals surface area contributed by atoms with Gasteiger partial charge in [0, 0.05) is 6.54 Å². The second-order valence-electron chi connectivity index (χ2n) is 7.65. The number of hydrogen-bond donors (Lipinski definition) is 1. The summed E-state index contributed by atoms with van der Waals surface area (Å²) in [5.74, 6) is 0.651. The normalized spacial score (nSPS) is 19.3. The molecule has 0 atom stereocenters. The maximum Gasteiger partial charge on any atom is 0.414 e. The van der Waals surface area contributed by atoms with E-state index in [1.54, 1.807) is 4.90 Å². The number of aryl methyl sites for hydroxylation is 1. The number of benzene rings is 1. The first kappa shape index (κ1) is 16.3. The van der Waals surface area contributed by atoms with E-state index in [2.05, 4.69) is 23.5 Å². The number of rotatable bonds is 1. The van der Waals surface area contributed by atoms with Gasteiger partial charge in [-0.3, -0.25) is 4.90 Å². The van der Waals surface area contributed by atoms with Crippen molar-refractivity contribution in [2.45, 2.75) is 58.0 Å². The van der Waals surface area contributed by atoms with Crippen LogP contribution in [0.25, 0.3) is 0 Å².